The van der Waals surface area contributed by atoms with Crippen LogP contribution in [0.15, 0.2) is 30.3 Å². The van der Waals surface area contributed by atoms with Gasteiger partial charge in [0, 0.05) is 6.54 Å². The normalized spacial score (nSPS) is 20.9. The van der Waals surface area contributed by atoms with E-state index in [9.17, 15) is 4.79 Å². The van der Waals surface area contributed by atoms with Crippen molar-refractivity contribution in [1.29, 1.82) is 0 Å². The van der Waals surface area contributed by atoms with Gasteiger partial charge in [0.2, 0.25) is 5.91 Å². The fourth-order valence-electron chi connectivity index (χ4n) is 1.30. The van der Waals surface area contributed by atoms with Gasteiger partial charge in [0.25, 0.3) is 0 Å². The minimum absolute atomic E-state index is 0.0720. The van der Waals surface area contributed by atoms with Gasteiger partial charge in [-0.15, -0.1) is 11.8 Å². The SMILES string of the molecule is O=C1CSC(NCc2ccccc2)N1. The maximum absolute atomic E-state index is 10.9. The molecule has 0 bridgehead atoms. The van der Waals surface area contributed by atoms with E-state index in [4.69, 9.17) is 0 Å². The van der Waals surface area contributed by atoms with E-state index in [0.29, 0.717) is 5.75 Å². The summed E-state index contributed by atoms with van der Waals surface area (Å²) in [5.41, 5.74) is 1.30. The van der Waals surface area contributed by atoms with E-state index in [2.05, 4.69) is 22.8 Å². The molecule has 0 aromatic heterocycles. The second-order valence-corrected chi connectivity index (χ2v) is 4.22. The summed E-state index contributed by atoms with van der Waals surface area (Å²) in [5.74, 6) is 0.674. The van der Waals surface area contributed by atoms with Crippen molar-refractivity contribution in [1.82, 2.24) is 10.6 Å². The van der Waals surface area contributed by atoms with Crippen LogP contribution in [0.25, 0.3) is 0 Å². The van der Waals surface area contributed by atoms with Crippen LogP contribution in [0.1, 0.15) is 5.56 Å². The molecule has 1 aromatic rings. The van der Waals surface area contributed by atoms with Gasteiger partial charge in [-0.25, -0.2) is 0 Å². The van der Waals surface area contributed by atoms with E-state index in [1.54, 1.807) is 11.8 Å². The molecule has 1 aliphatic rings. The second kappa shape index (κ2) is 4.48. The summed E-state index contributed by atoms with van der Waals surface area (Å²) in [4.78, 5) is 10.9. The van der Waals surface area contributed by atoms with Crippen molar-refractivity contribution in [3.05, 3.63) is 35.9 Å². The zero-order valence-corrected chi connectivity index (χ0v) is 8.51. The molecule has 2 rings (SSSR count). The number of amides is 1. The van der Waals surface area contributed by atoms with Crippen LogP contribution in [0, 0.1) is 0 Å². The van der Waals surface area contributed by atoms with Crippen LogP contribution in [0.5, 0.6) is 0 Å². The Morgan fingerprint density at radius 2 is 2.21 bits per heavy atom. The smallest absolute Gasteiger partial charge is 0.231 e. The Morgan fingerprint density at radius 1 is 1.43 bits per heavy atom. The Balaban J connectivity index is 1.80. The number of hydrogen-bond donors (Lipinski definition) is 2. The van der Waals surface area contributed by atoms with Gasteiger partial charge in [0.05, 0.1) is 5.75 Å². The van der Waals surface area contributed by atoms with E-state index < -0.39 is 0 Å². The average molecular weight is 208 g/mol. The van der Waals surface area contributed by atoms with Gasteiger partial charge in [-0.3, -0.25) is 10.1 Å². The molecule has 0 spiro atoms. The molecule has 1 amide bonds. The van der Waals surface area contributed by atoms with Crippen molar-refractivity contribution in [3.8, 4) is 0 Å². The highest BCUT2D eigenvalue weighted by Gasteiger charge is 2.19. The first-order chi connectivity index (χ1) is 6.84. The van der Waals surface area contributed by atoms with E-state index in [1.165, 1.54) is 5.56 Å². The first-order valence-electron chi connectivity index (χ1n) is 4.53. The molecule has 0 aliphatic carbocycles. The summed E-state index contributed by atoms with van der Waals surface area (Å²) < 4.78 is 0. The Bertz CT molecular complexity index is 315. The summed E-state index contributed by atoms with van der Waals surface area (Å²) >= 11 is 1.60. The molecule has 1 unspecified atom stereocenters. The molecule has 0 saturated carbocycles. The van der Waals surface area contributed by atoms with Crippen molar-refractivity contribution in [2.75, 3.05) is 5.75 Å². The molecule has 1 fully saturated rings. The molecular formula is C10H12N2OS. The van der Waals surface area contributed by atoms with Gasteiger partial charge in [-0.05, 0) is 5.56 Å². The Morgan fingerprint density at radius 3 is 2.86 bits per heavy atom. The number of benzene rings is 1. The molecule has 4 heteroatoms. The third kappa shape index (κ3) is 2.49. The minimum atomic E-state index is 0.0720. The highest BCUT2D eigenvalue weighted by Crippen LogP contribution is 2.12. The second-order valence-electron chi connectivity index (χ2n) is 3.13. The molecule has 2 N–H and O–H groups in total. The van der Waals surface area contributed by atoms with Crippen LogP contribution < -0.4 is 10.6 Å². The predicted molar refractivity (Wildman–Crippen MR) is 57.7 cm³/mol. The van der Waals surface area contributed by atoms with Gasteiger partial charge in [0.15, 0.2) is 0 Å². The van der Waals surface area contributed by atoms with E-state index in [1.807, 2.05) is 18.2 Å². The molecule has 14 heavy (non-hydrogen) atoms. The van der Waals surface area contributed by atoms with Crippen molar-refractivity contribution in [2.24, 2.45) is 0 Å². The van der Waals surface area contributed by atoms with Gasteiger partial charge in [0.1, 0.15) is 5.50 Å². The summed E-state index contributed by atoms with van der Waals surface area (Å²) in [6.07, 6.45) is 0. The van der Waals surface area contributed by atoms with Crippen molar-refractivity contribution in [2.45, 2.75) is 12.0 Å². The third-order valence-electron chi connectivity index (χ3n) is 2.01. The molecule has 74 valence electrons. The Hall–Kier alpha value is -1.00. The molecule has 1 aromatic carbocycles. The van der Waals surface area contributed by atoms with Gasteiger partial charge in [-0.2, -0.15) is 0 Å². The van der Waals surface area contributed by atoms with Crippen LogP contribution in [-0.2, 0) is 11.3 Å². The molecule has 1 atom stereocenters. The molecule has 3 nitrogen and oxygen atoms in total. The zero-order valence-electron chi connectivity index (χ0n) is 7.69. The standard InChI is InChI=1S/C10H12N2OS/c13-9-7-14-10(12-9)11-6-8-4-2-1-3-5-8/h1-5,10-11H,6-7H2,(H,12,13). The van der Waals surface area contributed by atoms with Crippen molar-refractivity contribution in [3.63, 3.8) is 0 Å². The number of thioether (sulfide) groups is 1. The van der Waals surface area contributed by atoms with Gasteiger partial charge in [-0.1, -0.05) is 30.3 Å². The fourth-order valence-corrected chi connectivity index (χ4v) is 2.12. The predicted octanol–water partition coefficient (Wildman–Crippen LogP) is 0.923. The lowest BCUT2D eigenvalue weighted by Gasteiger charge is -2.11. The van der Waals surface area contributed by atoms with Crippen LogP contribution in [0.3, 0.4) is 0 Å². The molecule has 1 aliphatic heterocycles. The third-order valence-corrected chi connectivity index (χ3v) is 3.05. The minimum Gasteiger partial charge on any atom is -0.331 e. The summed E-state index contributed by atoms with van der Waals surface area (Å²) in [7, 11) is 0. The number of rotatable bonds is 3. The van der Waals surface area contributed by atoms with Crippen LogP contribution in [-0.4, -0.2) is 17.2 Å². The maximum atomic E-state index is 10.9. The molecule has 1 saturated heterocycles. The van der Waals surface area contributed by atoms with Crippen LogP contribution in [0.2, 0.25) is 0 Å². The lowest BCUT2D eigenvalue weighted by atomic mass is 10.2. The number of hydrogen-bond acceptors (Lipinski definition) is 3. The molecular weight excluding hydrogens is 196 g/mol. The lowest BCUT2D eigenvalue weighted by molar-refractivity contribution is -0.118. The summed E-state index contributed by atoms with van der Waals surface area (Å²) in [6, 6.07) is 10.1. The molecule has 0 radical (unpaired) electrons. The zero-order chi connectivity index (χ0) is 9.80. The van der Waals surface area contributed by atoms with E-state index in [-0.39, 0.29) is 11.4 Å². The quantitative estimate of drug-likeness (QED) is 0.776. The number of carbonyl (C=O) groups excluding carboxylic acids is 1. The highest BCUT2D eigenvalue weighted by atomic mass is 32.2. The summed E-state index contributed by atoms with van der Waals surface area (Å²) in [6.45, 7) is 0.790. The largest absolute Gasteiger partial charge is 0.331 e. The Kier molecular flexibility index (Phi) is 3.06. The number of carbonyl (C=O) groups is 1. The monoisotopic (exact) mass is 208 g/mol. The maximum Gasteiger partial charge on any atom is 0.231 e. The highest BCUT2D eigenvalue weighted by molar-refractivity contribution is 8.00. The Labute approximate surface area is 87.3 Å². The average Bonchev–Trinajstić information content (AvgIpc) is 2.63. The van der Waals surface area contributed by atoms with Gasteiger partial charge < -0.3 is 5.32 Å². The van der Waals surface area contributed by atoms with Gasteiger partial charge >= 0.3 is 0 Å². The lowest BCUT2D eigenvalue weighted by Crippen LogP contribution is -2.36. The van der Waals surface area contributed by atoms with Crippen molar-refractivity contribution < 1.29 is 4.79 Å². The van der Waals surface area contributed by atoms with Crippen molar-refractivity contribution >= 4 is 17.7 Å². The summed E-state index contributed by atoms with van der Waals surface area (Å²) in [5, 5.41) is 6.10. The van der Waals surface area contributed by atoms with Crippen LogP contribution >= 0.6 is 11.8 Å². The van der Waals surface area contributed by atoms with E-state index in [0.717, 1.165) is 6.54 Å². The molecule has 1 heterocycles. The number of nitrogens with one attached hydrogen (secondary N) is 2. The van der Waals surface area contributed by atoms with Crippen LogP contribution in [0.4, 0.5) is 0 Å². The first kappa shape index (κ1) is 9.55. The first-order valence-corrected chi connectivity index (χ1v) is 5.58. The van der Waals surface area contributed by atoms with E-state index >= 15 is 0 Å². The topological polar surface area (TPSA) is 41.1 Å². The fraction of sp³-hybridized carbons (Fsp3) is 0.300.